The molecule has 1 aliphatic carbocycles. The summed E-state index contributed by atoms with van der Waals surface area (Å²) in [5, 5.41) is 11.0. The number of nitrogens with zero attached hydrogens (tertiary/aromatic N) is 3. The topological polar surface area (TPSA) is 75.0 Å². The third kappa shape index (κ3) is 2.14. The Morgan fingerprint density at radius 2 is 2.29 bits per heavy atom. The zero-order valence-corrected chi connectivity index (χ0v) is 11.8. The highest BCUT2D eigenvalue weighted by Gasteiger charge is 2.32. The Morgan fingerprint density at radius 1 is 1.38 bits per heavy atom. The van der Waals surface area contributed by atoms with E-state index in [1.165, 1.54) is 0 Å². The van der Waals surface area contributed by atoms with Gasteiger partial charge in [-0.05, 0) is 31.7 Å². The highest BCUT2D eigenvalue weighted by atomic mass is 16.5. The van der Waals surface area contributed by atoms with Crippen LogP contribution in [0.2, 0.25) is 0 Å². The standard InChI is InChI=1S/C15H18N4O2/c20-15(14-11-3-1-2-4-13(11)21-18-14)19-8-6-10(9-19)12-5-7-16-17-12/h5,7,10H,1-4,6,8-9H2,(H,16,17)/t10-/m1/s1. The molecule has 0 radical (unpaired) electrons. The zero-order chi connectivity index (χ0) is 14.2. The summed E-state index contributed by atoms with van der Waals surface area (Å²) in [5.74, 6) is 1.28. The van der Waals surface area contributed by atoms with E-state index in [1.54, 1.807) is 6.20 Å². The molecule has 0 aromatic carbocycles. The Balaban J connectivity index is 1.52. The second-order valence-electron chi connectivity index (χ2n) is 5.89. The van der Waals surface area contributed by atoms with Crippen molar-refractivity contribution in [3.05, 3.63) is 35.0 Å². The van der Waals surface area contributed by atoms with E-state index in [2.05, 4.69) is 15.4 Å². The molecule has 3 heterocycles. The van der Waals surface area contributed by atoms with Crippen LogP contribution in [0.4, 0.5) is 0 Å². The maximum atomic E-state index is 12.7. The molecule has 1 atom stereocenters. The number of aryl methyl sites for hydroxylation is 1. The van der Waals surface area contributed by atoms with Gasteiger partial charge in [-0.3, -0.25) is 9.89 Å². The molecule has 6 heteroatoms. The van der Waals surface area contributed by atoms with E-state index in [1.807, 2.05) is 11.0 Å². The number of amides is 1. The van der Waals surface area contributed by atoms with Gasteiger partial charge in [0.2, 0.25) is 0 Å². The van der Waals surface area contributed by atoms with Gasteiger partial charge in [0.25, 0.3) is 5.91 Å². The van der Waals surface area contributed by atoms with Crippen molar-refractivity contribution < 1.29 is 9.32 Å². The lowest BCUT2D eigenvalue weighted by molar-refractivity contribution is 0.0779. The smallest absolute Gasteiger partial charge is 0.276 e. The van der Waals surface area contributed by atoms with E-state index in [0.717, 1.165) is 62.2 Å². The first-order valence-electron chi connectivity index (χ1n) is 7.59. The van der Waals surface area contributed by atoms with Crippen LogP contribution < -0.4 is 0 Å². The van der Waals surface area contributed by atoms with Crippen LogP contribution in [0.15, 0.2) is 16.8 Å². The fourth-order valence-corrected chi connectivity index (χ4v) is 3.40. The zero-order valence-electron chi connectivity index (χ0n) is 11.8. The van der Waals surface area contributed by atoms with Crippen LogP contribution in [0.1, 0.15) is 52.7 Å². The summed E-state index contributed by atoms with van der Waals surface area (Å²) in [7, 11) is 0. The Bertz CT molecular complexity index is 647. The van der Waals surface area contributed by atoms with E-state index in [4.69, 9.17) is 4.52 Å². The van der Waals surface area contributed by atoms with Gasteiger partial charge in [0.05, 0.1) is 0 Å². The maximum absolute atomic E-state index is 12.7. The van der Waals surface area contributed by atoms with Gasteiger partial charge in [0.1, 0.15) is 5.76 Å². The van der Waals surface area contributed by atoms with Crippen LogP contribution in [0.3, 0.4) is 0 Å². The molecule has 2 aliphatic rings. The molecule has 1 aliphatic heterocycles. The van der Waals surface area contributed by atoms with E-state index < -0.39 is 0 Å². The van der Waals surface area contributed by atoms with Crippen LogP contribution in [0.25, 0.3) is 0 Å². The molecule has 1 amide bonds. The van der Waals surface area contributed by atoms with E-state index >= 15 is 0 Å². The molecule has 6 nitrogen and oxygen atoms in total. The highest BCUT2D eigenvalue weighted by Crippen LogP contribution is 2.29. The number of aromatic amines is 1. The summed E-state index contributed by atoms with van der Waals surface area (Å²) in [6, 6.07) is 1.98. The number of fused-ring (bicyclic) bond motifs is 1. The SMILES string of the molecule is O=C(c1noc2c1CCCC2)N1CC[C@@H](c2ccn[nH]2)C1. The van der Waals surface area contributed by atoms with Gasteiger partial charge in [-0.1, -0.05) is 5.16 Å². The molecule has 21 heavy (non-hydrogen) atoms. The summed E-state index contributed by atoms with van der Waals surface area (Å²) in [6.45, 7) is 1.49. The molecular weight excluding hydrogens is 268 g/mol. The van der Waals surface area contributed by atoms with Crippen LogP contribution in [-0.2, 0) is 12.8 Å². The lowest BCUT2D eigenvalue weighted by Crippen LogP contribution is -2.29. The van der Waals surface area contributed by atoms with Gasteiger partial charge in [0, 0.05) is 42.9 Å². The lowest BCUT2D eigenvalue weighted by Gasteiger charge is -2.16. The van der Waals surface area contributed by atoms with Crippen LogP contribution in [0.5, 0.6) is 0 Å². The van der Waals surface area contributed by atoms with Gasteiger partial charge in [0.15, 0.2) is 5.69 Å². The van der Waals surface area contributed by atoms with E-state index in [-0.39, 0.29) is 5.91 Å². The fraction of sp³-hybridized carbons (Fsp3) is 0.533. The summed E-state index contributed by atoms with van der Waals surface area (Å²) >= 11 is 0. The highest BCUT2D eigenvalue weighted by molar-refractivity contribution is 5.94. The van der Waals surface area contributed by atoms with Gasteiger partial charge >= 0.3 is 0 Å². The molecule has 1 saturated heterocycles. The van der Waals surface area contributed by atoms with Crippen molar-refractivity contribution in [1.82, 2.24) is 20.3 Å². The minimum atomic E-state index is 0.0175. The number of hydrogen-bond donors (Lipinski definition) is 1. The lowest BCUT2D eigenvalue weighted by atomic mass is 9.96. The predicted octanol–water partition coefficient (Wildman–Crippen LogP) is 1.91. The van der Waals surface area contributed by atoms with Gasteiger partial charge < -0.3 is 9.42 Å². The molecular formula is C15H18N4O2. The number of nitrogens with one attached hydrogen (secondary N) is 1. The Hall–Kier alpha value is -2.11. The molecule has 0 unspecified atom stereocenters. The predicted molar refractivity (Wildman–Crippen MR) is 75.0 cm³/mol. The summed E-state index contributed by atoms with van der Waals surface area (Å²) in [6.07, 6.45) is 6.79. The Labute approximate surface area is 122 Å². The average molecular weight is 286 g/mol. The van der Waals surface area contributed by atoms with Crippen LogP contribution in [-0.4, -0.2) is 39.3 Å². The first-order chi connectivity index (χ1) is 10.3. The third-order valence-electron chi connectivity index (χ3n) is 4.59. The van der Waals surface area contributed by atoms with Gasteiger partial charge in [-0.15, -0.1) is 0 Å². The summed E-state index contributed by atoms with van der Waals surface area (Å²) in [5.41, 5.74) is 2.68. The molecule has 0 bridgehead atoms. The first-order valence-corrected chi connectivity index (χ1v) is 7.59. The van der Waals surface area contributed by atoms with Crippen molar-refractivity contribution >= 4 is 5.91 Å². The van der Waals surface area contributed by atoms with Crippen molar-refractivity contribution in [2.75, 3.05) is 13.1 Å². The number of rotatable bonds is 2. The maximum Gasteiger partial charge on any atom is 0.276 e. The van der Waals surface area contributed by atoms with Gasteiger partial charge in [-0.2, -0.15) is 5.10 Å². The molecule has 0 saturated carbocycles. The van der Waals surface area contributed by atoms with Crippen molar-refractivity contribution in [2.24, 2.45) is 0 Å². The largest absolute Gasteiger partial charge is 0.360 e. The van der Waals surface area contributed by atoms with E-state index in [0.29, 0.717) is 11.6 Å². The summed E-state index contributed by atoms with van der Waals surface area (Å²) < 4.78 is 5.35. The Morgan fingerprint density at radius 3 is 3.14 bits per heavy atom. The Kier molecular flexibility index (Phi) is 3.02. The number of hydrogen-bond acceptors (Lipinski definition) is 4. The molecule has 1 fully saturated rings. The average Bonchev–Trinajstić information content (AvgIpc) is 3.25. The number of carbonyl (C=O) groups is 1. The number of aromatic nitrogens is 3. The third-order valence-corrected chi connectivity index (χ3v) is 4.59. The van der Waals surface area contributed by atoms with Crippen molar-refractivity contribution in [3.8, 4) is 0 Å². The van der Waals surface area contributed by atoms with Gasteiger partial charge in [-0.25, -0.2) is 0 Å². The molecule has 110 valence electrons. The minimum absolute atomic E-state index is 0.0175. The molecule has 1 N–H and O–H groups in total. The number of likely N-dealkylation sites (tertiary alicyclic amines) is 1. The number of H-pyrrole nitrogens is 1. The number of carbonyl (C=O) groups excluding carboxylic acids is 1. The second kappa shape index (κ2) is 5.02. The summed E-state index contributed by atoms with van der Waals surface area (Å²) in [4.78, 5) is 14.6. The quantitative estimate of drug-likeness (QED) is 0.915. The molecule has 4 rings (SSSR count). The van der Waals surface area contributed by atoms with E-state index in [9.17, 15) is 4.79 Å². The minimum Gasteiger partial charge on any atom is -0.360 e. The van der Waals surface area contributed by atoms with Crippen LogP contribution >= 0.6 is 0 Å². The van der Waals surface area contributed by atoms with Crippen molar-refractivity contribution in [2.45, 2.75) is 38.0 Å². The molecule has 2 aromatic rings. The van der Waals surface area contributed by atoms with Crippen molar-refractivity contribution in [1.29, 1.82) is 0 Å². The monoisotopic (exact) mass is 286 g/mol. The van der Waals surface area contributed by atoms with Crippen LogP contribution in [0, 0.1) is 0 Å². The first kappa shape index (κ1) is 12.6. The normalized spacial score (nSPS) is 21.5. The molecule has 2 aromatic heterocycles. The van der Waals surface area contributed by atoms with Crippen molar-refractivity contribution in [3.63, 3.8) is 0 Å². The fourth-order valence-electron chi connectivity index (χ4n) is 3.40. The molecule has 0 spiro atoms. The second-order valence-corrected chi connectivity index (χ2v) is 5.89.